The van der Waals surface area contributed by atoms with Gasteiger partial charge in [0.15, 0.2) is 11.4 Å². The number of carboxylic acids is 1. The summed E-state index contributed by atoms with van der Waals surface area (Å²) in [5, 5.41) is 14.5. The number of hydrogen-bond donors (Lipinski definition) is 1. The Morgan fingerprint density at radius 3 is 2.75 bits per heavy atom. The summed E-state index contributed by atoms with van der Waals surface area (Å²) in [6.07, 6.45) is 3.63. The summed E-state index contributed by atoms with van der Waals surface area (Å²) >= 11 is 0. The number of furan rings is 1. The molecule has 1 unspecified atom stereocenters. The first kappa shape index (κ1) is 18.2. The zero-order chi connectivity index (χ0) is 20.1. The molecule has 0 aliphatic carbocycles. The molecule has 3 aromatic rings. The van der Waals surface area contributed by atoms with Gasteiger partial charge in [0.25, 0.3) is 5.91 Å². The second-order valence-electron chi connectivity index (χ2n) is 7.80. The standard InChI is InChI=1S/C20H22N4O4/c1-12(2)24-17-14(10-21-24)13(9-15(22-17)16-5-4-8-28-16)18(25)23-7-6-20(3,11-23)19(26)27/h4-5,8-10,12H,6-7,11H2,1-3H3,(H,26,27). The first-order valence-corrected chi connectivity index (χ1v) is 9.25. The van der Waals surface area contributed by atoms with E-state index in [4.69, 9.17) is 4.42 Å². The highest BCUT2D eigenvalue weighted by Gasteiger charge is 2.42. The number of pyridine rings is 1. The Balaban J connectivity index is 1.82. The fourth-order valence-electron chi connectivity index (χ4n) is 3.60. The van der Waals surface area contributed by atoms with Crippen molar-refractivity contribution in [1.82, 2.24) is 19.7 Å². The van der Waals surface area contributed by atoms with Crippen molar-refractivity contribution in [3.05, 3.63) is 36.2 Å². The lowest BCUT2D eigenvalue weighted by molar-refractivity contribution is -0.147. The van der Waals surface area contributed by atoms with Crippen LogP contribution in [-0.2, 0) is 4.79 Å². The first-order chi connectivity index (χ1) is 13.3. The highest BCUT2D eigenvalue weighted by molar-refractivity contribution is 6.06. The van der Waals surface area contributed by atoms with Crippen LogP contribution in [0, 0.1) is 5.41 Å². The van der Waals surface area contributed by atoms with Crippen LogP contribution in [0.15, 0.2) is 35.1 Å². The molecule has 0 aromatic carbocycles. The Labute approximate surface area is 161 Å². The number of carbonyl (C=O) groups is 2. The number of fused-ring (bicyclic) bond motifs is 1. The maximum Gasteiger partial charge on any atom is 0.311 e. The Morgan fingerprint density at radius 1 is 1.36 bits per heavy atom. The molecular formula is C20H22N4O4. The van der Waals surface area contributed by atoms with Crippen LogP contribution in [0.4, 0.5) is 0 Å². The van der Waals surface area contributed by atoms with E-state index in [0.29, 0.717) is 41.0 Å². The van der Waals surface area contributed by atoms with Gasteiger partial charge in [0, 0.05) is 19.1 Å². The van der Waals surface area contributed by atoms with Crippen LogP contribution >= 0.6 is 0 Å². The maximum atomic E-state index is 13.3. The van der Waals surface area contributed by atoms with Crippen LogP contribution in [-0.4, -0.2) is 49.7 Å². The molecule has 1 fully saturated rings. The minimum atomic E-state index is -0.923. The Bertz CT molecular complexity index is 1050. The number of carboxylic acid groups (broad SMARTS) is 1. The molecule has 28 heavy (non-hydrogen) atoms. The molecule has 1 saturated heterocycles. The Morgan fingerprint density at radius 2 is 2.14 bits per heavy atom. The SMILES string of the molecule is CC(C)n1ncc2c(C(=O)N3CCC(C)(C(=O)O)C3)cc(-c3ccco3)nc21. The molecule has 146 valence electrons. The summed E-state index contributed by atoms with van der Waals surface area (Å²) in [6, 6.07) is 5.32. The number of nitrogens with zero attached hydrogens (tertiary/aromatic N) is 4. The molecule has 0 radical (unpaired) electrons. The van der Waals surface area contributed by atoms with Gasteiger partial charge < -0.3 is 14.4 Å². The van der Waals surface area contributed by atoms with Crippen LogP contribution in [0.25, 0.3) is 22.5 Å². The maximum absolute atomic E-state index is 13.3. The summed E-state index contributed by atoms with van der Waals surface area (Å²) < 4.78 is 7.24. The van der Waals surface area contributed by atoms with Crippen molar-refractivity contribution in [3.8, 4) is 11.5 Å². The van der Waals surface area contributed by atoms with E-state index in [1.54, 1.807) is 47.2 Å². The molecule has 1 aliphatic heterocycles. The molecule has 8 heteroatoms. The predicted octanol–water partition coefficient (Wildman–Crippen LogP) is 3.21. The number of aromatic nitrogens is 3. The van der Waals surface area contributed by atoms with Gasteiger partial charge in [-0.1, -0.05) is 0 Å². The largest absolute Gasteiger partial charge is 0.481 e. The summed E-state index contributed by atoms with van der Waals surface area (Å²) in [5.74, 6) is -0.538. The zero-order valence-electron chi connectivity index (χ0n) is 16.0. The van der Waals surface area contributed by atoms with Crippen molar-refractivity contribution in [2.75, 3.05) is 13.1 Å². The van der Waals surface area contributed by atoms with Crippen molar-refractivity contribution < 1.29 is 19.1 Å². The van der Waals surface area contributed by atoms with Crippen LogP contribution in [0.3, 0.4) is 0 Å². The van der Waals surface area contributed by atoms with E-state index >= 15 is 0 Å². The molecule has 1 amide bonds. The van der Waals surface area contributed by atoms with Gasteiger partial charge in [-0.05, 0) is 45.4 Å². The topological polar surface area (TPSA) is 101 Å². The predicted molar refractivity (Wildman–Crippen MR) is 102 cm³/mol. The van der Waals surface area contributed by atoms with E-state index in [1.807, 2.05) is 13.8 Å². The Hall–Kier alpha value is -3.16. The third-order valence-corrected chi connectivity index (χ3v) is 5.34. The van der Waals surface area contributed by atoms with Crippen molar-refractivity contribution in [3.63, 3.8) is 0 Å². The molecule has 0 saturated carbocycles. The van der Waals surface area contributed by atoms with E-state index in [0.717, 1.165) is 0 Å². The van der Waals surface area contributed by atoms with Crippen LogP contribution < -0.4 is 0 Å². The molecular weight excluding hydrogens is 360 g/mol. The van der Waals surface area contributed by atoms with Gasteiger partial charge >= 0.3 is 5.97 Å². The van der Waals surface area contributed by atoms with Gasteiger partial charge in [-0.3, -0.25) is 9.59 Å². The Kier molecular flexibility index (Phi) is 4.21. The minimum absolute atomic E-state index is 0.0712. The molecule has 1 N–H and O–H groups in total. The number of hydrogen-bond acceptors (Lipinski definition) is 5. The number of aliphatic carboxylic acids is 1. The van der Waals surface area contributed by atoms with Gasteiger partial charge in [0.2, 0.25) is 0 Å². The van der Waals surface area contributed by atoms with Gasteiger partial charge in [0.1, 0.15) is 5.69 Å². The molecule has 1 aliphatic rings. The van der Waals surface area contributed by atoms with Crippen molar-refractivity contribution in [2.24, 2.45) is 5.41 Å². The lowest BCUT2D eigenvalue weighted by Crippen LogP contribution is -2.35. The van der Waals surface area contributed by atoms with E-state index in [1.165, 1.54) is 0 Å². The number of likely N-dealkylation sites (tertiary alicyclic amines) is 1. The average molecular weight is 382 g/mol. The van der Waals surface area contributed by atoms with E-state index in [9.17, 15) is 14.7 Å². The summed E-state index contributed by atoms with van der Waals surface area (Å²) in [7, 11) is 0. The van der Waals surface area contributed by atoms with E-state index in [2.05, 4.69) is 10.1 Å². The molecule has 0 spiro atoms. The second kappa shape index (κ2) is 6.47. The smallest absolute Gasteiger partial charge is 0.311 e. The molecule has 3 aromatic heterocycles. The van der Waals surface area contributed by atoms with Crippen molar-refractivity contribution in [1.29, 1.82) is 0 Å². The summed E-state index contributed by atoms with van der Waals surface area (Å²) in [5.41, 5.74) is 0.683. The first-order valence-electron chi connectivity index (χ1n) is 9.25. The number of amides is 1. The third-order valence-electron chi connectivity index (χ3n) is 5.34. The van der Waals surface area contributed by atoms with Crippen LogP contribution in [0.1, 0.15) is 43.6 Å². The highest BCUT2D eigenvalue weighted by atomic mass is 16.4. The summed E-state index contributed by atoms with van der Waals surface area (Å²) in [6.45, 7) is 6.25. The van der Waals surface area contributed by atoms with Gasteiger partial charge in [-0.25, -0.2) is 9.67 Å². The normalized spacial score (nSPS) is 19.6. The molecule has 0 bridgehead atoms. The third kappa shape index (κ3) is 2.85. The quantitative estimate of drug-likeness (QED) is 0.743. The summed E-state index contributed by atoms with van der Waals surface area (Å²) in [4.78, 5) is 31.1. The van der Waals surface area contributed by atoms with E-state index in [-0.39, 0.29) is 18.5 Å². The van der Waals surface area contributed by atoms with Crippen molar-refractivity contribution in [2.45, 2.75) is 33.2 Å². The van der Waals surface area contributed by atoms with Gasteiger partial charge in [0.05, 0.1) is 28.8 Å². The average Bonchev–Trinajstić information content (AvgIpc) is 3.39. The molecule has 4 rings (SSSR count). The lowest BCUT2D eigenvalue weighted by Gasteiger charge is -2.20. The fourth-order valence-corrected chi connectivity index (χ4v) is 3.60. The fraction of sp³-hybridized carbons (Fsp3) is 0.400. The molecule has 4 heterocycles. The van der Waals surface area contributed by atoms with E-state index < -0.39 is 11.4 Å². The van der Waals surface area contributed by atoms with Crippen molar-refractivity contribution >= 4 is 22.9 Å². The monoisotopic (exact) mass is 382 g/mol. The number of rotatable bonds is 4. The molecule has 1 atom stereocenters. The van der Waals surface area contributed by atoms with Gasteiger partial charge in [-0.2, -0.15) is 5.10 Å². The second-order valence-corrected chi connectivity index (χ2v) is 7.80. The lowest BCUT2D eigenvalue weighted by atomic mass is 9.90. The van der Waals surface area contributed by atoms with Gasteiger partial charge in [-0.15, -0.1) is 0 Å². The zero-order valence-corrected chi connectivity index (χ0v) is 16.0. The highest BCUT2D eigenvalue weighted by Crippen LogP contribution is 2.33. The molecule has 8 nitrogen and oxygen atoms in total. The minimum Gasteiger partial charge on any atom is -0.481 e. The van der Waals surface area contributed by atoms with Crippen LogP contribution in [0.2, 0.25) is 0 Å². The number of carbonyl (C=O) groups excluding carboxylic acids is 1. The van der Waals surface area contributed by atoms with Crippen LogP contribution in [0.5, 0.6) is 0 Å².